The lowest BCUT2D eigenvalue weighted by Gasteiger charge is -2.24. The van der Waals surface area contributed by atoms with E-state index in [9.17, 15) is 0 Å². The van der Waals surface area contributed by atoms with E-state index in [0.717, 1.165) is 30.3 Å². The fraction of sp³-hybridized carbons (Fsp3) is 0.571. The number of piperidine rings is 1. The van der Waals surface area contributed by atoms with E-state index in [1.165, 1.54) is 12.0 Å². The largest absolute Gasteiger partial charge is 0.488 e. The SMILES string of the molecule is CC(C)c1ccc(OC2CCCNC2)c(Cl)c1.Cl. The van der Waals surface area contributed by atoms with Crippen molar-refractivity contribution in [1.82, 2.24) is 5.32 Å². The molecule has 0 saturated carbocycles. The summed E-state index contributed by atoms with van der Waals surface area (Å²) in [5, 5.41) is 4.06. The first-order chi connectivity index (χ1) is 8.16. The Bertz CT molecular complexity index is 376. The third-order valence-electron chi connectivity index (χ3n) is 3.17. The Kier molecular flexibility index (Phi) is 6.27. The number of hydrogen-bond acceptors (Lipinski definition) is 2. The summed E-state index contributed by atoms with van der Waals surface area (Å²) in [6.45, 7) is 6.34. The molecule has 2 nitrogen and oxygen atoms in total. The van der Waals surface area contributed by atoms with Gasteiger partial charge >= 0.3 is 0 Å². The van der Waals surface area contributed by atoms with Gasteiger partial charge < -0.3 is 10.1 Å². The quantitative estimate of drug-likeness (QED) is 0.908. The van der Waals surface area contributed by atoms with E-state index in [1.807, 2.05) is 12.1 Å². The zero-order valence-electron chi connectivity index (χ0n) is 10.9. The van der Waals surface area contributed by atoms with E-state index < -0.39 is 0 Å². The minimum absolute atomic E-state index is 0. The first kappa shape index (κ1) is 15.6. The maximum Gasteiger partial charge on any atom is 0.138 e. The van der Waals surface area contributed by atoms with E-state index in [0.29, 0.717) is 5.92 Å². The molecule has 1 heterocycles. The topological polar surface area (TPSA) is 21.3 Å². The third kappa shape index (κ3) is 4.04. The summed E-state index contributed by atoms with van der Waals surface area (Å²) < 4.78 is 5.93. The summed E-state index contributed by atoms with van der Waals surface area (Å²) in [6.07, 6.45) is 2.54. The molecule has 1 saturated heterocycles. The van der Waals surface area contributed by atoms with Crippen molar-refractivity contribution in [2.75, 3.05) is 13.1 Å². The highest BCUT2D eigenvalue weighted by molar-refractivity contribution is 6.32. The minimum Gasteiger partial charge on any atom is -0.488 e. The second kappa shape index (κ2) is 7.22. The predicted octanol–water partition coefficient (Wildman–Crippen LogP) is 4.02. The van der Waals surface area contributed by atoms with Gasteiger partial charge in [-0.3, -0.25) is 0 Å². The Labute approximate surface area is 120 Å². The minimum atomic E-state index is 0. The van der Waals surface area contributed by atoms with Gasteiger partial charge in [-0.15, -0.1) is 12.4 Å². The van der Waals surface area contributed by atoms with Gasteiger partial charge in [-0.25, -0.2) is 0 Å². The summed E-state index contributed by atoms with van der Waals surface area (Å²) in [6, 6.07) is 6.10. The zero-order chi connectivity index (χ0) is 12.3. The standard InChI is InChI=1S/C14H20ClNO.ClH/c1-10(2)11-5-6-14(13(15)8-11)17-12-4-3-7-16-9-12;/h5-6,8,10,12,16H,3-4,7,9H2,1-2H3;1H. The lowest BCUT2D eigenvalue weighted by atomic mass is 10.0. The molecule has 1 aromatic rings. The lowest BCUT2D eigenvalue weighted by molar-refractivity contribution is 0.167. The molecule has 1 aromatic carbocycles. The Balaban J connectivity index is 0.00000162. The van der Waals surface area contributed by atoms with Crippen LogP contribution in [0.15, 0.2) is 18.2 Å². The smallest absolute Gasteiger partial charge is 0.138 e. The average Bonchev–Trinajstić information content (AvgIpc) is 2.33. The highest BCUT2D eigenvalue weighted by Gasteiger charge is 2.16. The molecule has 102 valence electrons. The molecule has 0 radical (unpaired) electrons. The van der Waals surface area contributed by atoms with Crippen LogP contribution >= 0.6 is 24.0 Å². The molecule has 0 aliphatic carbocycles. The van der Waals surface area contributed by atoms with Gasteiger partial charge in [0.25, 0.3) is 0 Å². The van der Waals surface area contributed by atoms with Crippen LogP contribution in [0.5, 0.6) is 5.75 Å². The van der Waals surface area contributed by atoms with E-state index in [2.05, 4.69) is 25.2 Å². The van der Waals surface area contributed by atoms with Crippen molar-refractivity contribution >= 4 is 24.0 Å². The molecule has 1 N–H and O–H groups in total. The monoisotopic (exact) mass is 289 g/mol. The second-order valence-corrected chi connectivity index (χ2v) is 5.34. The number of ether oxygens (including phenoxy) is 1. The zero-order valence-corrected chi connectivity index (χ0v) is 12.5. The van der Waals surface area contributed by atoms with Gasteiger partial charge in [0, 0.05) is 6.54 Å². The van der Waals surface area contributed by atoms with Crippen LogP contribution in [0.25, 0.3) is 0 Å². The van der Waals surface area contributed by atoms with Gasteiger partial charge in [0.15, 0.2) is 0 Å². The molecule has 1 aliphatic heterocycles. The Morgan fingerprint density at radius 1 is 1.39 bits per heavy atom. The molecule has 0 spiro atoms. The van der Waals surface area contributed by atoms with E-state index in [1.54, 1.807) is 0 Å². The first-order valence-corrected chi connectivity index (χ1v) is 6.71. The summed E-state index contributed by atoms with van der Waals surface area (Å²) >= 11 is 6.25. The van der Waals surface area contributed by atoms with Gasteiger partial charge in [0.1, 0.15) is 11.9 Å². The van der Waals surface area contributed by atoms with Crippen molar-refractivity contribution in [1.29, 1.82) is 0 Å². The molecular weight excluding hydrogens is 269 g/mol. The molecule has 2 rings (SSSR count). The number of halogens is 2. The molecule has 0 amide bonds. The van der Waals surface area contributed by atoms with Crippen molar-refractivity contribution in [2.45, 2.75) is 38.7 Å². The van der Waals surface area contributed by atoms with Crippen molar-refractivity contribution < 1.29 is 4.74 Å². The fourth-order valence-corrected chi connectivity index (χ4v) is 2.31. The molecular formula is C14H21Cl2NO. The van der Waals surface area contributed by atoms with Crippen LogP contribution in [0.3, 0.4) is 0 Å². The summed E-state index contributed by atoms with van der Waals surface area (Å²) in [5.41, 5.74) is 1.25. The van der Waals surface area contributed by atoms with Crippen LogP contribution in [0, 0.1) is 0 Å². The van der Waals surface area contributed by atoms with Gasteiger partial charge in [0.05, 0.1) is 5.02 Å². The highest BCUT2D eigenvalue weighted by atomic mass is 35.5. The molecule has 1 atom stereocenters. The molecule has 0 aromatic heterocycles. The molecule has 1 fully saturated rings. The number of nitrogens with one attached hydrogen (secondary N) is 1. The molecule has 1 aliphatic rings. The Morgan fingerprint density at radius 3 is 2.72 bits per heavy atom. The van der Waals surface area contributed by atoms with E-state index in [-0.39, 0.29) is 18.5 Å². The molecule has 18 heavy (non-hydrogen) atoms. The van der Waals surface area contributed by atoms with Crippen molar-refractivity contribution in [3.8, 4) is 5.75 Å². The maximum atomic E-state index is 6.25. The average molecular weight is 290 g/mol. The lowest BCUT2D eigenvalue weighted by Crippen LogP contribution is -2.37. The number of rotatable bonds is 3. The molecule has 1 unspecified atom stereocenters. The van der Waals surface area contributed by atoms with Crippen LogP contribution in [0.1, 0.15) is 38.2 Å². The normalized spacial score (nSPS) is 19.4. The Morgan fingerprint density at radius 2 is 2.17 bits per heavy atom. The van der Waals surface area contributed by atoms with Crippen LogP contribution in [0.2, 0.25) is 5.02 Å². The van der Waals surface area contributed by atoms with Gasteiger partial charge in [-0.2, -0.15) is 0 Å². The highest BCUT2D eigenvalue weighted by Crippen LogP contribution is 2.29. The van der Waals surface area contributed by atoms with Crippen molar-refractivity contribution in [3.63, 3.8) is 0 Å². The summed E-state index contributed by atoms with van der Waals surface area (Å²) in [5.74, 6) is 1.31. The van der Waals surface area contributed by atoms with Gasteiger partial charge in [-0.1, -0.05) is 31.5 Å². The first-order valence-electron chi connectivity index (χ1n) is 6.33. The van der Waals surface area contributed by atoms with Crippen molar-refractivity contribution in [2.24, 2.45) is 0 Å². The van der Waals surface area contributed by atoms with Crippen molar-refractivity contribution in [3.05, 3.63) is 28.8 Å². The van der Waals surface area contributed by atoms with Crippen LogP contribution in [0.4, 0.5) is 0 Å². The number of benzene rings is 1. The summed E-state index contributed by atoms with van der Waals surface area (Å²) in [7, 11) is 0. The van der Waals surface area contributed by atoms with Crippen LogP contribution in [-0.4, -0.2) is 19.2 Å². The summed E-state index contributed by atoms with van der Waals surface area (Å²) in [4.78, 5) is 0. The third-order valence-corrected chi connectivity index (χ3v) is 3.46. The fourth-order valence-electron chi connectivity index (χ4n) is 2.07. The predicted molar refractivity (Wildman–Crippen MR) is 79.3 cm³/mol. The Hall–Kier alpha value is -0.440. The van der Waals surface area contributed by atoms with E-state index in [4.69, 9.17) is 16.3 Å². The second-order valence-electron chi connectivity index (χ2n) is 4.93. The maximum absolute atomic E-state index is 6.25. The number of hydrogen-bond donors (Lipinski definition) is 1. The van der Waals surface area contributed by atoms with E-state index >= 15 is 0 Å². The van der Waals surface area contributed by atoms with Crippen LogP contribution < -0.4 is 10.1 Å². The molecule has 4 heteroatoms. The van der Waals surface area contributed by atoms with Gasteiger partial charge in [0.2, 0.25) is 0 Å². The van der Waals surface area contributed by atoms with Gasteiger partial charge in [-0.05, 0) is 43.0 Å². The molecule has 0 bridgehead atoms. The van der Waals surface area contributed by atoms with Crippen LogP contribution in [-0.2, 0) is 0 Å².